The Morgan fingerprint density at radius 3 is 2.45 bits per heavy atom. The van der Waals surface area contributed by atoms with Gasteiger partial charge in [-0.2, -0.15) is 13.2 Å². The molecular weight excluding hydrogens is 529 g/mol. The lowest BCUT2D eigenvalue weighted by atomic mass is 9.78. The summed E-state index contributed by atoms with van der Waals surface area (Å²) in [6.07, 6.45) is -1.82. The summed E-state index contributed by atoms with van der Waals surface area (Å²) in [5, 5.41) is 0. The van der Waals surface area contributed by atoms with E-state index in [4.69, 9.17) is 18.9 Å². The third kappa shape index (κ3) is 4.43. The molecule has 7 nitrogen and oxygen atoms in total. The van der Waals surface area contributed by atoms with Crippen LogP contribution in [0, 0.1) is 23.7 Å². The Labute approximate surface area is 228 Å². The molecule has 0 aromatic heterocycles. The Morgan fingerprint density at radius 1 is 1.05 bits per heavy atom. The SMILES string of the molecule is C=CC1(Oc2cc(C(=O)OC3C4CC5C3OC(=O)C5C4C(=O)Oc3ccccc3)ccc2C(F)(F)F)CCCC1. The van der Waals surface area contributed by atoms with E-state index in [0.29, 0.717) is 25.0 Å². The van der Waals surface area contributed by atoms with E-state index in [1.165, 1.54) is 6.08 Å². The van der Waals surface area contributed by atoms with Crippen molar-refractivity contribution in [2.75, 3.05) is 0 Å². The van der Waals surface area contributed by atoms with Crippen LogP contribution in [0.25, 0.3) is 0 Å². The van der Waals surface area contributed by atoms with Gasteiger partial charge in [0.1, 0.15) is 29.3 Å². The summed E-state index contributed by atoms with van der Waals surface area (Å²) >= 11 is 0. The third-order valence-electron chi connectivity index (χ3n) is 8.68. The first kappa shape index (κ1) is 26.4. The normalized spacial score (nSPS) is 29.6. The summed E-state index contributed by atoms with van der Waals surface area (Å²) in [6.45, 7) is 3.75. The third-order valence-corrected chi connectivity index (χ3v) is 8.68. The van der Waals surface area contributed by atoms with Crippen molar-refractivity contribution in [3.05, 3.63) is 72.3 Å². The summed E-state index contributed by atoms with van der Waals surface area (Å²) in [4.78, 5) is 39.1. The van der Waals surface area contributed by atoms with Crippen molar-refractivity contribution < 1.29 is 46.5 Å². The Morgan fingerprint density at radius 2 is 1.77 bits per heavy atom. The van der Waals surface area contributed by atoms with Crippen molar-refractivity contribution >= 4 is 17.9 Å². The van der Waals surface area contributed by atoms with Crippen LogP contribution < -0.4 is 9.47 Å². The number of carbonyl (C=O) groups is 3. The van der Waals surface area contributed by atoms with Crippen LogP contribution in [-0.2, 0) is 25.2 Å². The van der Waals surface area contributed by atoms with Gasteiger partial charge in [0.2, 0.25) is 0 Å². The predicted octanol–water partition coefficient (Wildman–Crippen LogP) is 5.52. The van der Waals surface area contributed by atoms with E-state index in [1.807, 2.05) is 0 Å². The first-order chi connectivity index (χ1) is 19.1. The van der Waals surface area contributed by atoms with Gasteiger partial charge in [-0.25, -0.2) is 4.79 Å². The number of esters is 3. The smallest absolute Gasteiger partial charge is 0.419 e. The van der Waals surface area contributed by atoms with Gasteiger partial charge in [-0.3, -0.25) is 9.59 Å². The van der Waals surface area contributed by atoms with E-state index in [-0.39, 0.29) is 11.5 Å². The van der Waals surface area contributed by atoms with E-state index in [2.05, 4.69) is 6.58 Å². The van der Waals surface area contributed by atoms with Crippen LogP contribution in [0.2, 0.25) is 0 Å². The number of ether oxygens (including phenoxy) is 4. The first-order valence-corrected chi connectivity index (χ1v) is 13.3. The van der Waals surface area contributed by atoms with Gasteiger partial charge in [0.05, 0.1) is 23.0 Å². The zero-order chi connectivity index (χ0) is 28.2. The molecular formula is C30H27F3O7. The molecule has 1 saturated heterocycles. The molecule has 210 valence electrons. The molecule has 1 heterocycles. The van der Waals surface area contributed by atoms with E-state index in [9.17, 15) is 27.6 Å². The molecule has 2 bridgehead atoms. The molecule has 3 aliphatic carbocycles. The standard InChI is InChI=1S/C30H27F3O7/c1-2-29(12-6-7-13-29)40-21-14-16(10-11-20(21)30(31,32)33)26(34)38-24-18-15-19-23(28(36)39-25(19)24)22(18)27(35)37-17-8-4-3-5-9-17/h2-5,8-11,14,18-19,22-25H,1,6-7,12-13,15H2. The minimum absolute atomic E-state index is 0.146. The maximum atomic E-state index is 13.8. The Bertz CT molecular complexity index is 1350. The second kappa shape index (κ2) is 9.67. The number of rotatable bonds is 7. The molecule has 0 N–H and O–H groups in total. The zero-order valence-electron chi connectivity index (χ0n) is 21.4. The number of fused-ring (bicyclic) bond motifs is 1. The number of alkyl halides is 3. The quantitative estimate of drug-likeness (QED) is 0.252. The molecule has 40 heavy (non-hydrogen) atoms. The van der Waals surface area contributed by atoms with E-state index < -0.39 is 71.0 Å². The van der Waals surface area contributed by atoms with Gasteiger partial charge in [0.25, 0.3) is 0 Å². The summed E-state index contributed by atoms with van der Waals surface area (Å²) in [5.74, 6) is -4.60. The topological polar surface area (TPSA) is 88.1 Å². The molecule has 4 fully saturated rings. The van der Waals surface area contributed by atoms with Crippen molar-refractivity contribution in [1.82, 2.24) is 0 Å². The summed E-state index contributed by atoms with van der Waals surface area (Å²) < 4.78 is 64.1. The molecule has 10 heteroatoms. The Hall–Kier alpha value is -3.82. The van der Waals surface area contributed by atoms with E-state index in [1.54, 1.807) is 30.3 Å². The van der Waals surface area contributed by atoms with Crippen molar-refractivity contribution in [2.45, 2.75) is 56.1 Å². The largest absolute Gasteiger partial charge is 0.483 e. The van der Waals surface area contributed by atoms with Crippen molar-refractivity contribution in [3.63, 3.8) is 0 Å². The highest BCUT2D eigenvalue weighted by Gasteiger charge is 2.70. The fraction of sp³-hybridized carbons (Fsp3) is 0.433. The van der Waals surface area contributed by atoms with Crippen LogP contribution in [0.1, 0.15) is 48.0 Å². The van der Waals surface area contributed by atoms with Gasteiger partial charge in [0.15, 0.2) is 0 Å². The lowest BCUT2D eigenvalue weighted by Crippen LogP contribution is -2.44. The van der Waals surface area contributed by atoms with Crippen LogP contribution in [0.5, 0.6) is 11.5 Å². The molecule has 2 aromatic rings. The Balaban J connectivity index is 1.25. The zero-order valence-corrected chi connectivity index (χ0v) is 21.4. The van der Waals surface area contributed by atoms with Gasteiger partial charge < -0.3 is 18.9 Å². The van der Waals surface area contributed by atoms with Crippen LogP contribution in [-0.4, -0.2) is 35.7 Å². The average molecular weight is 557 g/mol. The Kier molecular flexibility index (Phi) is 6.39. The number of halogens is 3. The monoisotopic (exact) mass is 556 g/mol. The van der Waals surface area contributed by atoms with Crippen LogP contribution in [0.3, 0.4) is 0 Å². The summed E-state index contributed by atoms with van der Waals surface area (Å²) in [7, 11) is 0. The molecule has 2 aromatic carbocycles. The maximum Gasteiger partial charge on any atom is 0.419 e. The van der Waals surface area contributed by atoms with Gasteiger partial charge in [-0.05, 0) is 68.5 Å². The summed E-state index contributed by atoms with van der Waals surface area (Å²) in [5.41, 5.74) is -2.10. The lowest BCUT2D eigenvalue weighted by molar-refractivity contribution is -0.149. The maximum absolute atomic E-state index is 13.8. The van der Waals surface area contributed by atoms with Gasteiger partial charge >= 0.3 is 24.1 Å². The van der Waals surface area contributed by atoms with Crippen LogP contribution >= 0.6 is 0 Å². The molecule has 0 radical (unpaired) electrons. The molecule has 3 saturated carbocycles. The number of hydrogen-bond donors (Lipinski definition) is 0. The van der Waals surface area contributed by atoms with Crippen molar-refractivity contribution in [1.29, 1.82) is 0 Å². The minimum atomic E-state index is -4.71. The number of carbonyl (C=O) groups excluding carboxylic acids is 3. The van der Waals surface area contributed by atoms with Crippen molar-refractivity contribution in [3.8, 4) is 11.5 Å². The minimum Gasteiger partial charge on any atom is -0.483 e. The van der Waals surface area contributed by atoms with Gasteiger partial charge in [0, 0.05) is 11.8 Å². The number of para-hydroxylation sites is 1. The highest BCUT2D eigenvalue weighted by molar-refractivity contribution is 5.91. The number of benzene rings is 2. The van der Waals surface area contributed by atoms with Crippen LogP contribution in [0.4, 0.5) is 13.2 Å². The fourth-order valence-corrected chi connectivity index (χ4v) is 6.84. The molecule has 6 atom stereocenters. The van der Waals surface area contributed by atoms with Crippen LogP contribution in [0.15, 0.2) is 61.2 Å². The predicted molar refractivity (Wildman–Crippen MR) is 133 cm³/mol. The van der Waals surface area contributed by atoms with Crippen molar-refractivity contribution in [2.24, 2.45) is 23.7 Å². The highest BCUT2D eigenvalue weighted by atomic mass is 19.4. The lowest BCUT2D eigenvalue weighted by Gasteiger charge is -2.30. The number of hydrogen-bond acceptors (Lipinski definition) is 7. The molecule has 1 aliphatic heterocycles. The molecule has 0 spiro atoms. The summed E-state index contributed by atoms with van der Waals surface area (Å²) in [6, 6.07) is 11.3. The molecule has 4 aliphatic rings. The second-order valence-corrected chi connectivity index (χ2v) is 10.9. The van der Waals surface area contributed by atoms with Gasteiger partial charge in [-0.15, -0.1) is 0 Å². The fourth-order valence-electron chi connectivity index (χ4n) is 6.84. The average Bonchev–Trinajstić information content (AvgIpc) is 3.67. The second-order valence-electron chi connectivity index (χ2n) is 10.9. The molecule has 6 rings (SSSR count). The van der Waals surface area contributed by atoms with E-state index in [0.717, 1.165) is 31.0 Å². The molecule has 0 amide bonds. The molecule has 6 unspecified atom stereocenters. The van der Waals surface area contributed by atoms with Gasteiger partial charge in [-0.1, -0.05) is 24.8 Å². The highest BCUT2D eigenvalue weighted by Crippen LogP contribution is 2.59. The van der Waals surface area contributed by atoms with E-state index >= 15 is 0 Å². The first-order valence-electron chi connectivity index (χ1n) is 13.3.